The maximum Gasteiger partial charge on any atom is 0.258 e. The van der Waals surface area contributed by atoms with Crippen LogP contribution in [0.2, 0.25) is 0 Å². The van der Waals surface area contributed by atoms with Crippen LogP contribution < -0.4 is 10.1 Å². The molecule has 0 bridgehead atoms. The standard InChI is InChI=1S/C20H13F2NO3/c1-25-18-9-13-11-5-2-3-8-16(11)26-17(13)10-15(18)23-20(24)12-6-4-7-14(21)19(12)22/h2-10H,1H3,(H,23,24). The lowest BCUT2D eigenvalue weighted by Gasteiger charge is -2.11. The van der Waals surface area contributed by atoms with Gasteiger partial charge in [-0.05, 0) is 24.3 Å². The molecule has 0 unspecified atom stereocenters. The van der Waals surface area contributed by atoms with Gasteiger partial charge in [-0.3, -0.25) is 4.79 Å². The van der Waals surface area contributed by atoms with Gasteiger partial charge in [-0.25, -0.2) is 8.78 Å². The van der Waals surface area contributed by atoms with Crippen LogP contribution in [0.15, 0.2) is 59.0 Å². The van der Waals surface area contributed by atoms with Crippen molar-refractivity contribution in [3.05, 3.63) is 71.8 Å². The maximum atomic E-state index is 13.8. The normalized spacial score (nSPS) is 11.0. The number of hydrogen-bond donors (Lipinski definition) is 1. The SMILES string of the molecule is COc1cc2c(cc1NC(=O)c1cccc(F)c1F)oc1ccccc12. The van der Waals surface area contributed by atoms with E-state index < -0.39 is 23.1 Å². The monoisotopic (exact) mass is 353 g/mol. The molecule has 0 aliphatic rings. The van der Waals surface area contributed by atoms with E-state index in [-0.39, 0.29) is 0 Å². The zero-order valence-electron chi connectivity index (χ0n) is 13.7. The highest BCUT2D eigenvalue weighted by atomic mass is 19.2. The molecule has 0 radical (unpaired) electrons. The van der Waals surface area contributed by atoms with E-state index in [0.29, 0.717) is 22.6 Å². The number of hydrogen-bond acceptors (Lipinski definition) is 3. The topological polar surface area (TPSA) is 51.5 Å². The minimum atomic E-state index is -1.20. The summed E-state index contributed by atoms with van der Waals surface area (Å²) in [5.74, 6) is -2.68. The van der Waals surface area contributed by atoms with E-state index in [1.54, 1.807) is 12.1 Å². The van der Waals surface area contributed by atoms with Crippen LogP contribution in [0.5, 0.6) is 5.75 Å². The molecular formula is C20H13F2NO3. The molecule has 0 saturated carbocycles. The molecular weight excluding hydrogens is 340 g/mol. The van der Waals surface area contributed by atoms with Gasteiger partial charge in [-0.15, -0.1) is 0 Å². The average Bonchev–Trinajstić information content (AvgIpc) is 3.00. The average molecular weight is 353 g/mol. The maximum absolute atomic E-state index is 13.8. The van der Waals surface area contributed by atoms with Crippen LogP contribution in [0.3, 0.4) is 0 Å². The molecule has 26 heavy (non-hydrogen) atoms. The first kappa shape index (κ1) is 16.1. The first-order valence-electron chi connectivity index (χ1n) is 7.83. The fourth-order valence-corrected chi connectivity index (χ4v) is 2.89. The summed E-state index contributed by atoms with van der Waals surface area (Å²) < 4.78 is 38.3. The van der Waals surface area contributed by atoms with Crippen molar-refractivity contribution in [3.8, 4) is 5.75 Å². The molecule has 4 nitrogen and oxygen atoms in total. The summed E-state index contributed by atoms with van der Waals surface area (Å²) in [5.41, 5.74) is 1.15. The Morgan fingerprint density at radius 3 is 2.62 bits per heavy atom. The first-order valence-corrected chi connectivity index (χ1v) is 7.83. The molecule has 4 aromatic rings. The Kier molecular flexibility index (Phi) is 3.80. The summed E-state index contributed by atoms with van der Waals surface area (Å²) in [6.07, 6.45) is 0. The van der Waals surface area contributed by atoms with Crippen molar-refractivity contribution in [2.75, 3.05) is 12.4 Å². The van der Waals surface area contributed by atoms with Crippen LogP contribution in [0, 0.1) is 11.6 Å². The molecule has 6 heteroatoms. The van der Waals surface area contributed by atoms with Crippen molar-refractivity contribution in [2.24, 2.45) is 0 Å². The van der Waals surface area contributed by atoms with Crippen molar-refractivity contribution in [1.29, 1.82) is 0 Å². The minimum Gasteiger partial charge on any atom is -0.495 e. The van der Waals surface area contributed by atoms with Crippen molar-refractivity contribution < 1.29 is 22.7 Å². The number of methoxy groups -OCH3 is 1. The van der Waals surface area contributed by atoms with Crippen LogP contribution >= 0.6 is 0 Å². The number of carbonyl (C=O) groups is 1. The number of ether oxygens (including phenoxy) is 1. The largest absolute Gasteiger partial charge is 0.495 e. The second-order valence-electron chi connectivity index (χ2n) is 5.70. The fourth-order valence-electron chi connectivity index (χ4n) is 2.89. The number of benzene rings is 3. The molecule has 1 aromatic heterocycles. The van der Waals surface area contributed by atoms with Crippen molar-refractivity contribution >= 4 is 33.5 Å². The number of halogens is 2. The second kappa shape index (κ2) is 6.15. The number of nitrogens with one attached hydrogen (secondary N) is 1. The Morgan fingerprint density at radius 2 is 1.81 bits per heavy atom. The third kappa shape index (κ3) is 2.56. The summed E-state index contributed by atoms with van der Waals surface area (Å²) in [4.78, 5) is 12.4. The molecule has 0 aliphatic heterocycles. The molecule has 130 valence electrons. The number of anilines is 1. The molecule has 1 N–H and O–H groups in total. The molecule has 1 heterocycles. The predicted octanol–water partition coefficient (Wildman–Crippen LogP) is 5.13. The Morgan fingerprint density at radius 1 is 1.00 bits per heavy atom. The smallest absolute Gasteiger partial charge is 0.258 e. The van der Waals surface area contributed by atoms with E-state index in [1.165, 1.54) is 19.2 Å². The van der Waals surface area contributed by atoms with Gasteiger partial charge in [-0.1, -0.05) is 24.3 Å². The van der Waals surface area contributed by atoms with Crippen LogP contribution in [0.25, 0.3) is 21.9 Å². The van der Waals surface area contributed by atoms with Crippen molar-refractivity contribution in [1.82, 2.24) is 0 Å². The number of rotatable bonds is 3. The van der Waals surface area contributed by atoms with Gasteiger partial charge in [0.05, 0.1) is 18.4 Å². The molecule has 0 fully saturated rings. The molecule has 0 atom stereocenters. The van der Waals surface area contributed by atoms with E-state index in [0.717, 1.165) is 16.8 Å². The molecule has 4 rings (SSSR count). The van der Waals surface area contributed by atoms with E-state index in [1.807, 2.05) is 24.3 Å². The van der Waals surface area contributed by atoms with Crippen LogP contribution in [0.4, 0.5) is 14.5 Å². The third-order valence-electron chi connectivity index (χ3n) is 4.14. The summed E-state index contributed by atoms with van der Waals surface area (Å²) in [6, 6.07) is 14.3. The van der Waals surface area contributed by atoms with Gasteiger partial charge in [0.1, 0.15) is 16.9 Å². The predicted molar refractivity (Wildman–Crippen MR) is 94.6 cm³/mol. The summed E-state index contributed by atoms with van der Waals surface area (Å²) in [6.45, 7) is 0. The summed E-state index contributed by atoms with van der Waals surface area (Å²) in [7, 11) is 1.46. The van der Waals surface area contributed by atoms with Gasteiger partial charge in [0.2, 0.25) is 0 Å². The second-order valence-corrected chi connectivity index (χ2v) is 5.70. The number of fused-ring (bicyclic) bond motifs is 3. The van der Waals surface area contributed by atoms with Gasteiger partial charge in [0, 0.05) is 16.8 Å². The molecule has 0 saturated heterocycles. The number of furan rings is 1. The van der Waals surface area contributed by atoms with E-state index in [9.17, 15) is 13.6 Å². The van der Waals surface area contributed by atoms with Gasteiger partial charge >= 0.3 is 0 Å². The lowest BCUT2D eigenvalue weighted by atomic mass is 10.1. The summed E-state index contributed by atoms with van der Waals surface area (Å²) in [5, 5.41) is 4.29. The Labute approximate surface area is 147 Å². The van der Waals surface area contributed by atoms with Crippen LogP contribution in [-0.4, -0.2) is 13.0 Å². The van der Waals surface area contributed by atoms with E-state index in [2.05, 4.69) is 5.32 Å². The first-order chi connectivity index (χ1) is 12.6. The third-order valence-corrected chi connectivity index (χ3v) is 4.14. The zero-order valence-corrected chi connectivity index (χ0v) is 13.7. The van der Waals surface area contributed by atoms with Gasteiger partial charge < -0.3 is 14.5 Å². The highest BCUT2D eigenvalue weighted by Gasteiger charge is 2.18. The van der Waals surface area contributed by atoms with E-state index >= 15 is 0 Å². The zero-order chi connectivity index (χ0) is 18.3. The van der Waals surface area contributed by atoms with Crippen molar-refractivity contribution in [2.45, 2.75) is 0 Å². The highest BCUT2D eigenvalue weighted by Crippen LogP contribution is 2.36. The molecule has 1 amide bonds. The van der Waals surface area contributed by atoms with Crippen molar-refractivity contribution in [3.63, 3.8) is 0 Å². The molecule has 3 aromatic carbocycles. The number of amides is 1. The fraction of sp³-hybridized carbons (Fsp3) is 0.0500. The quantitative estimate of drug-likeness (QED) is 0.556. The Balaban J connectivity index is 1.79. The molecule has 0 spiro atoms. The Bertz CT molecular complexity index is 1150. The van der Waals surface area contributed by atoms with E-state index in [4.69, 9.17) is 9.15 Å². The minimum absolute atomic E-state index is 0.299. The van der Waals surface area contributed by atoms with Gasteiger partial charge in [-0.2, -0.15) is 0 Å². The Hall–Kier alpha value is -3.41. The highest BCUT2D eigenvalue weighted by molar-refractivity contribution is 6.10. The van der Waals surface area contributed by atoms with Crippen LogP contribution in [-0.2, 0) is 0 Å². The molecule has 0 aliphatic carbocycles. The van der Waals surface area contributed by atoms with Gasteiger partial charge in [0.15, 0.2) is 11.6 Å². The lowest BCUT2D eigenvalue weighted by Crippen LogP contribution is -2.15. The number of carbonyl (C=O) groups excluding carboxylic acids is 1. The lowest BCUT2D eigenvalue weighted by molar-refractivity contribution is 0.102. The van der Waals surface area contributed by atoms with Crippen LogP contribution in [0.1, 0.15) is 10.4 Å². The number of para-hydroxylation sites is 1. The summed E-state index contributed by atoms with van der Waals surface area (Å²) >= 11 is 0. The van der Waals surface area contributed by atoms with Gasteiger partial charge in [0.25, 0.3) is 5.91 Å².